The average Bonchev–Trinajstić information content (AvgIpc) is 2.76. The average molecular weight is 460 g/mol. The topological polar surface area (TPSA) is 208 Å². The number of carboxylic acids is 1. The first-order chi connectivity index (χ1) is 15.5. The fourth-order valence-electron chi connectivity index (χ4n) is 3.72. The van der Waals surface area contributed by atoms with E-state index in [2.05, 4.69) is 0 Å². The lowest BCUT2D eigenvalue weighted by atomic mass is 9.82. The second-order valence-electron chi connectivity index (χ2n) is 7.42. The number of phenolic OH excluding ortho intramolecular Hbond substituents is 2. The minimum atomic E-state index is -2.02. The van der Waals surface area contributed by atoms with E-state index in [4.69, 9.17) is 14.6 Å². The quantitative estimate of drug-likeness (QED) is 0.258. The first kappa shape index (κ1) is 22.4. The highest BCUT2D eigenvalue weighted by atomic mass is 16.7. The van der Waals surface area contributed by atoms with Gasteiger partial charge in [0.05, 0.1) is 16.7 Å². The number of aliphatic hydroxyl groups is 3. The summed E-state index contributed by atoms with van der Waals surface area (Å²) in [6.07, 6.45) is -10.0. The molecule has 12 heteroatoms. The van der Waals surface area contributed by atoms with E-state index < -0.39 is 76.8 Å². The van der Waals surface area contributed by atoms with Gasteiger partial charge in [-0.15, -0.1) is 0 Å². The lowest BCUT2D eigenvalue weighted by Crippen LogP contribution is -2.60. The molecular weight excluding hydrogens is 444 g/mol. The Bertz CT molecular complexity index is 1200. The number of hydrogen-bond donors (Lipinski definition) is 6. The highest BCUT2D eigenvalue weighted by molar-refractivity contribution is 6.30. The van der Waals surface area contributed by atoms with Crippen molar-refractivity contribution in [2.75, 3.05) is 0 Å². The maximum Gasteiger partial charge on any atom is 0.340 e. The lowest BCUT2D eigenvalue weighted by molar-refractivity contribution is -0.278. The Labute approximate surface area is 183 Å². The lowest BCUT2D eigenvalue weighted by Gasteiger charge is -2.37. The number of carbonyl (C=O) groups excluding carboxylic acids is 3. The highest BCUT2D eigenvalue weighted by Gasteiger charge is 2.48. The summed E-state index contributed by atoms with van der Waals surface area (Å²) in [7, 11) is 0. The molecule has 33 heavy (non-hydrogen) atoms. The minimum Gasteiger partial charge on any atom is -0.507 e. The number of ether oxygens (including phenoxy) is 2. The molecule has 2 aromatic carbocycles. The number of hydrogen-bond acceptors (Lipinski definition) is 11. The predicted molar refractivity (Wildman–Crippen MR) is 103 cm³/mol. The Hall–Kier alpha value is -3.84. The van der Waals surface area contributed by atoms with Crippen molar-refractivity contribution in [2.24, 2.45) is 0 Å². The van der Waals surface area contributed by atoms with Crippen molar-refractivity contribution in [2.45, 2.75) is 30.7 Å². The monoisotopic (exact) mass is 460 g/mol. The van der Waals surface area contributed by atoms with Gasteiger partial charge in [-0.25, -0.2) is 9.59 Å². The molecule has 0 unspecified atom stereocenters. The van der Waals surface area contributed by atoms with Gasteiger partial charge in [-0.1, -0.05) is 12.1 Å². The Morgan fingerprint density at radius 3 is 2.18 bits per heavy atom. The van der Waals surface area contributed by atoms with E-state index in [0.29, 0.717) is 0 Å². The molecule has 1 heterocycles. The van der Waals surface area contributed by atoms with Gasteiger partial charge in [-0.05, 0) is 18.2 Å². The summed E-state index contributed by atoms with van der Waals surface area (Å²) in [5, 5.41) is 58.9. The van der Waals surface area contributed by atoms with Gasteiger partial charge in [0.25, 0.3) is 0 Å². The zero-order valence-electron chi connectivity index (χ0n) is 16.4. The fraction of sp³-hybridized carbons (Fsp3) is 0.238. The van der Waals surface area contributed by atoms with Gasteiger partial charge in [0.1, 0.15) is 29.8 Å². The van der Waals surface area contributed by atoms with Crippen molar-refractivity contribution >= 4 is 23.5 Å². The van der Waals surface area contributed by atoms with Crippen LogP contribution in [0, 0.1) is 0 Å². The summed E-state index contributed by atoms with van der Waals surface area (Å²) in [6, 6.07) is 5.56. The third kappa shape index (κ3) is 3.50. The number of esters is 1. The second-order valence-corrected chi connectivity index (χ2v) is 7.42. The molecule has 0 saturated carbocycles. The van der Waals surface area contributed by atoms with Crippen molar-refractivity contribution < 1.29 is 59.3 Å². The fourth-order valence-corrected chi connectivity index (χ4v) is 3.72. The molecular formula is C21H16O12. The van der Waals surface area contributed by atoms with Gasteiger partial charge in [0, 0.05) is 11.1 Å². The van der Waals surface area contributed by atoms with E-state index in [9.17, 15) is 44.7 Å². The molecule has 172 valence electrons. The number of rotatable bonds is 3. The van der Waals surface area contributed by atoms with Crippen LogP contribution < -0.4 is 0 Å². The van der Waals surface area contributed by atoms with Crippen molar-refractivity contribution in [1.29, 1.82) is 0 Å². The molecule has 12 nitrogen and oxygen atoms in total. The first-order valence-electron chi connectivity index (χ1n) is 9.44. The maximum atomic E-state index is 12.9. The molecule has 1 aliphatic carbocycles. The molecule has 0 aromatic heterocycles. The van der Waals surface area contributed by atoms with Crippen LogP contribution in [0.15, 0.2) is 30.3 Å². The zero-order valence-corrected chi connectivity index (χ0v) is 16.4. The summed E-state index contributed by atoms with van der Waals surface area (Å²) in [4.78, 5) is 49.4. The molecule has 2 aliphatic rings. The van der Waals surface area contributed by atoms with E-state index in [1.54, 1.807) is 0 Å². The van der Waals surface area contributed by atoms with E-state index in [-0.39, 0.29) is 16.7 Å². The number of aliphatic hydroxyl groups excluding tert-OH is 3. The van der Waals surface area contributed by atoms with Crippen LogP contribution >= 0.6 is 0 Å². The largest absolute Gasteiger partial charge is 0.507 e. The molecule has 1 fully saturated rings. The van der Waals surface area contributed by atoms with Crippen LogP contribution in [0.3, 0.4) is 0 Å². The van der Waals surface area contributed by atoms with Gasteiger partial charge in [-0.3, -0.25) is 9.59 Å². The molecule has 5 atom stereocenters. The van der Waals surface area contributed by atoms with Crippen LogP contribution in [0.5, 0.6) is 11.5 Å². The number of benzene rings is 2. The molecule has 1 aliphatic heterocycles. The summed E-state index contributed by atoms with van der Waals surface area (Å²) >= 11 is 0. The maximum absolute atomic E-state index is 12.9. The van der Waals surface area contributed by atoms with Crippen LogP contribution in [0.4, 0.5) is 0 Å². The van der Waals surface area contributed by atoms with Crippen LogP contribution in [0.1, 0.15) is 42.2 Å². The zero-order chi connectivity index (χ0) is 24.2. The number of carboxylic acid groups (broad SMARTS) is 1. The molecule has 4 rings (SSSR count). The number of fused-ring (bicyclic) bond motifs is 2. The Morgan fingerprint density at radius 1 is 0.848 bits per heavy atom. The Morgan fingerprint density at radius 2 is 1.52 bits per heavy atom. The minimum absolute atomic E-state index is 0.148. The predicted octanol–water partition coefficient (Wildman–Crippen LogP) is -1.08. The standard InChI is InChI=1S/C21H16O12/c22-9-3-1-2-7-11(9)14(25)12-8(13(7)24)4-6(5-10(12)23)20(31)33-21-17(28)15(26)16(27)18(32-21)19(29)30/h1-5,15-18,21-23,26-28H,(H,29,30)/t15-,16+,17-,18+,21-/m1/s1. The first-order valence-corrected chi connectivity index (χ1v) is 9.44. The molecule has 2 aromatic rings. The van der Waals surface area contributed by atoms with E-state index in [0.717, 1.165) is 12.1 Å². The third-order valence-electron chi connectivity index (χ3n) is 5.38. The normalized spacial score (nSPS) is 26.3. The highest BCUT2D eigenvalue weighted by Crippen LogP contribution is 2.37. The number of ketones is 2. The SMILES string of the molecule is O=C(O[C@H]1O[C@H](C(=O)O)[C@@H](O)[C@@H](O)[C@H]1O)c1cc(O)c2c(c1)C(=O)c1cccc(O)c1C2=O. The van der Waals surface area contributed by atoms with Crippen LogP contribution in [-0.2, 0) is 14.3 Å². The van der Waals surface area contributed by atoms with Crippen molar-refractivity contribution in [3.63, 3.8) is 0 Å². The molecule has 0 radical (unpaired) electrons. The second kappa shape index (κ2) is 7.94. The van der Waals surface area contributed by atoms with Gasteiger partial charge in [0.15, 0.2) is 11.9 Å². The molecule has 6 N–H and O–H groups in total. The third-order valence-corrected chi connectivity index (χ3v) is 5.38. The molecule has 0 bridgehead atoms. The number of phenols is 2. The summed E-state index contributed by atoms with van der Waals surface area (Å²) < 4.78 is 9.75. The van der Waals surface area contributed by atoms with Gasteiger partial charge >= 0.3 is 11.9 Å². The number of carbonyl (C=O) groups is 4. The van der Waals surface area contributed by atoms with Crippen molar-refractivity contribution in [1.82, 2.24) is 0 Å². The number of aliphatic carboxylic acids is 1. The Kier molecular flexibility index (Phi) is 5.38. The number of aromatic hydroxyl groups is 2. The van der Waals surface area contributed by atoms with E-state index in [1.165, 1.54) is 18.2 Å². The van der Waals surface area contributed by atoms with E-state index in [1.807, 2.05) is 0 Å². The summed E-state index contributed by atoms with van der Waals surface area (Å²) in [5.74, 6) is -5.83. The van der Waals surface area contributed by atoms with Crippen molar-refractivity contribution in [3.05, 3.63) is 58.1 Å². The van der Waals surface area contributed by atoms with E-state index >= 15 is 0 Å². The summed E-state index contributed by atoms with van der Waals surface area (Å²) in [5.41, 5.74) is -1.70. The molecule has 0 amide bonds. The summed E-state index contributed by atoms with van der Waals surface area (Å²) in [6.45, 7) is 0. The van der Waals surface area contributed by atoms with Gasteiger partial charge in [-0.2, -0.15) is 0 Å². The smallest absolute Gasteiger partial charge is 0.340 e. The van der Waals surface area contributed by atoms with Crippen LogP contribution in [0.25, 0.3) is 0 Å². The van der Waals surface area contributed by atoms with Gasteiger partial charge in [0.2, 0.25) is 12.1 Å². The van der Waals surface area contributed by atoms with Crippen LogP contribution in [-0.4, -0.2) is 84.9 Å². The van der Waals surface area contributed by atoms with Crippen LogP contribution in [0.2, 0.25) is 0 Å². The van der Waals surface area contributed by atoms with Gasteiger partial charge < -0.3 is 40.1 Å². The Balaban J connectivity index is 1.66. The van der Waals surface area contributed by atoms with Crippen molar-refractivity contribution in [3.8, 4) is 11.5 Å². The molecule has 1 saturated heterocycles. The molecule has 0 spiro atoms.